The van der Waals surface area contributed by atoms with E-state index in [2.05, 4.69) is 43.4 Å². The standard InChI is InChI=1S/C15H24N2/c1-15(2,16)9-7-12-3-5-13(6-4-12)14-8-10-17-11-14/h3-6,14,17H,7-11,16H2,1-2H3. The maximum absolute atomic E-state index is 6.00. The summed E-state index contributed by atoms with van der Waals surface area (Å²) < 4.78 is 0. The molecule has 2 rings (SSSR count). The van der Waals surface area contributed by atoms with E-state index in [9.17, 15) is 0 Å². The Labute approximate surface area is 105 Å². The number of benzene rings is 1. The van der Waals surface area contributed by atoms with E-state index in [1.54, 1.807) is 0 Å². The van der Waals surface area contributed by atoms with Gasteiger partial charge in [0.05, 0.1) is 0 Å². The van der Waals surface area contributed by atoms with Gasteiger partial charge in [0.15, 0.2) is 0 Å². The smallest absolute Gasteiger partial charge is 0.0100 e. The quantitative estimate of drug-likeness (QED) is 0.836. The number of hydrogen-bond acceptors (Lipinski definition) is 2. The van der Waals surface area contributed by atoms with Gasteiger partial charge in [-0.3, -0.25) is 0 Å². The maximum atomic E-state index is 6.00. The van der Waals surface area contributed by atoms with Gasteiger partial charge in [0, 0.05) is 12.1 Å². The minimum Gasteiger partial charge on any atom is -0.326 e. The molecule has 0 amide bonds. The lowest BCUT2D eigenvalue weighted by atomic mass is 9.93. The fourth-order valence-electron chi connectivity index (χ4n) is 2.36. The predicted octanol–water partition coefficient (Wildman–Crippen LogP) is 2.43. The van der Waals surface area contributed by atoms with E-state index >= 15 is 0 Å². The highest BCUT2D eigenvalue weighted by molar-refractivity contribution is 5.26. The molecule has 94 valence electrons. The van der Waals surface area contributed by atoms with Crippen molar-refractivity contribution >= 4 is 0 Å². The zero-order valence-corrected chi connectivity index (χ0v) is 11.0. The molecule has 0 radical (unpaired) electrons. The molecule has 1 aliphatic rings. The first-order chi connectivity index (χ1) is 8.04. The average molecular weight is 232 g/mol. The van der Waals surface area contributed by atoms with Gasteiger partial charge < -0.3 is 11.1 Å². The second kappa shape index (κ2) is 5.19. The first kappa shape index (κ1) is 12.6. The van der Waals surface area contributed by atoms with Crippen molar-refractivity contribution in [1.82, 2.24) is 5.32 Å². The SMILES string of the molecule is CC(C)(N)CCc1ccc(C2CCNC2)cc1. The van der Waals surface area contributed by atoms with Gasteiger partial charge in [-0.2, -0.15) is 0 Å². The maximum Gasteiger partial charge on any atom is 0.0100 e. The molecular weight excluding hydrogens is 208 g/mol. The van der Waals surface area contributed by atoms with Crippen molar-refractivity contribution < 1.29 is 0 Å². The summed E-state index contributed by atoms with van der Waals surface area (Å²) in [5.41, 5.74) is 8.82. The molecule has 1 heterocycles. The first-order valence-corrected chi connectivity index (χ1v) is 6.63. The normalized spacial score (nSPS) is 20.8. The van der Waals surface area contributed by atoms with Crippen LogP contribution >= 0.6 is 0 Å². The van der Waals surface area contributed by atoms with Crippen LogP contribution in [0.4, 0.5) is 0 Å². The largest absolute Gasteiger partial charge is 0.326 e. The summed E-state index contributed by atoms with van der Waals surface area (Å²) in [4.78, 5) is 0. The fourth-order valence-corrected chi connectivity index (χ4v) is 2.36. The van der Waals surface area contributed by atoms with E-state index < -0.39 is 0 Å². The molecule has 1 atom stereocenters. The number of nitrogens with two attached hydrogens (primary N) is 1. The second-order valence-corrected chi connectivity index (χ2v) is 5.92. The lowest BCUT2D eigenvalue weighted by molar-refractivity contribution is 0.477. The van der Waals surface area contributed by atoms with Gasteiger partial charge in [-0.05, 0) is 56.7 Å². The van der Waals surface area contributed by atoms with E-state index in [0.717, 1.165) is 31.8 Å². The number of rotatable bonds is 4. The van der Waals surface area contributed by atoms with Crippen molar-refractivity contribution in [3.63, 3.8) is 0 Å². The summed E-state index contributed by atoms with van der Waals surface area (Å²) >= 11 is 0. The van der Waals surface area contributed by atoms with Gasteiger partial charge >= 0.3 is 0 Å². The minimum absolute atomic E-state index is 0.0615. The van der Waals surface area contributed by atoms with Gasteiger partial charge in [-0.25, -0.2) is 0 Å². The third-order valence-electron chi connectivity index (χ3n) is 3.57. The molecule has 1 aliphatic heterocycles. The summed E-state index contributed by atoms with van der Waals surface area (Å²) in [6.07, 6.45) is 3.39. The van der Waals surface area contributed by atoms with Crippen LogP contribution in [0.2, 0.25) is 0 Å². The Morgan fingerprint density at radius 2 is 2.00 bits per heavy atom. The molecule has 0 bridgehead atoms. The van der Waals surface area contributed by atoms with Gasteiger partial charge in [0.25, 0.3) is 0 Å². The minimum atomic E-state index is -0.0615. The third kappa shape index (κ3) is 3.83. The van der Waals surface area contributed by atoms with Crippen molar-refractivity contribution in [3.8, 4) is 0 Å². The molecule has 1 saturated heterocycles. The van der Waals surface area contributed by atoms with Crippen LogP contribution in [0, 0.1) is 0 Å². The Hall–Kier alpha value is -0.860. The van der Waals surface area contributed by atoms with Crippen LogP contribution in [0.15, 0.2) is 24.3 Å². The molecule has 1 unspecified atom stereocenters. The number of aryl methyl sites for hydroxylation is 1. The van der Waals surface area contributed by atoms with E-state index in [4.69, 9.17) is 5.73 Å². The molecule has 1 aromatic rings. The van der Waals surface area contributed by atoms with Gasteiger partial charge in [0.1, 0.15) is 0 Å². The third-order valence-corrected chi connectivity index (χ3v) is 3.57. The Kier molecular flexibility index (Phi) is 3.85. The lowest BCUT2D eigenvalue weighted by Crippen LogP contribution is -2.32. The zero-order chi connectivity index (χ0) is 12.3. The highest BCUT2D eigenvalue weighted by atomic mass is 14.9. The lowest BCUT2D eigenvalue weighted by Gasteiger charge is -2.18. The Bertz CT molecular complexity index is 342. The van der Waals surface area contributed by atoms with Crippen LogP contribution in [0.5, 0.6) is 0 Å². The highest BCUT2D eigenvalue weighted by Gasteiger charge is 2.16. The van der Waals surface area contributed by atoms with Crippen LogP contribution in [0.3, 0.4) is 0 Å². The zero-order valence-electron chi connectivity index (χ0n) is 11.0. The molecule has 17 heavy (non-hydrogen) atoms. The van der Waals surface area contributed by atoms with Gasteiger partial charge in [-0.1, -0.05) is 24.3 Å². The fraction of sp³-hybridized carbons (Fsp3) is 0.600. The van der Waals surface area contributed by atoms with E-state index in [0.29, 0.717) is 0 Å². The Morgan fingerprint density at radius 1 is 1.29 bits per heavy atom. The molecule has 2 heteroatoms. The topological polar surface area (TPSA) is 38.0 Å². The van der Waals surface area contributed by atoms with E-state index in [-0.39, 0.29) is 5.54 Å². The van der Waals surface area contributed by atoms with Crippen LogP contribution < -0.4 is 11.1 Å². The number of hydrogen-bond donors (Lipinski definition) is 2. The van der Waals surface area contributed by atoms with Crippen molar-refractivity contribution in [2.45, 2.75) is 44.6 Å². The molecule has 0 saturated carbocycles. The Morgan fingerprint density at radius 3 is 2.53 bits per heavy atom. The van der Waals surface area contributed by atoms with Gasteiger partial charge in [-0.15, -0.1) is 0 Å². The average Bonchev–Trinajstić information content (AvgIpc) is 2.79. The van der Waals surface area contributed by atoms with Crippen LogP contribution in [-0.2, 0) is 6.42 Å². The van der Waals surface area contributed by atoms with Gasteiger partial charge in [0.2, 0.25) is 0 Å². The summed E-state index contributed by atoms with van der Waals surface area (Å²) in [5, 5.41) is 3.41. The second-order valence-electron chi connectivity index (χ2n) is 5.92. The van der Waals surface area contributed by atoms with Crippen molar-refractivity contribution in [1.29, 1.82) is 0 Å². The Balaban J connectivity index is 1.93. The van der Waals surface area contributed by atoms with Crippen molar-refractivity contribution in [2.75, 3.05) is 13.1 Å². The molecule has 3 N–H and O–H groups in total. The summed E-state index contributed by atoms with van der Waals surface area (Å²) in [5.74, 6) is 0.718. The van der Waals surface area contributed by atoms with Crippen LogP contribution in [0.25, 0.3) is 0 Å². The molecule has 0 spiro atoms. The van der Waals surface area contributed by atoms with Crippen molar-refractivity contribution in [2.24, 2.45) is 5.73 Å². The molecule has 1 aromatic carbocycles. The summed E-state index contributed by atoms with van der Waals surface area (Å²) in [6.45, 7) is 6.47. The monoisotopic (exact) mass is 232 g/mol. The van der Waals surface area contributed by atoms with Crippen LogP contribution in [0.1, 0.15) is 43.7 Å². The number of nitrogens with one attached hydrogen (secondary N) is 1. The highest BCUT2D eigenvalue weighted by Crippen LogP contribution is 2.23. The molecule has 2 nitrogen and oxygen atoms in total. The summed E-state index contributed by atoms with van der Waals surface area (Å²) in [6, 6.07) is 9.10. The molecule has 1 fully saturated rings. The van der Waals surface area contributed by atoms with Crippen LogP contribution in [-0.4, -0.2) is 18.6 Å². The van der Waals surface area contributed by atoms with Crippen molar-refractivity contribution in [3.05, 3.63) is 35.4 Å². The van der Waals surface area contributed by atoms with E-state index in [1.807, 2.05) is 0 Å². The molecule has 0 aliphatic carbocycles. The molecule has 0 aromatic heterocycles. The molecular formula is C15H24N2. The first-order valence-electron chi connectivity index (χ1n) is 6.63. The summed E-state index contributed by atoms with van der Waals surface area (Å²) in [7, 11) is 0. The predicted molar refractivity (Wildman–Crippen MR) is 73.3 cm³/mol. The van der Waals surface area contributed by atoms with E-state index in [1.165, 1.54) is 17.5 Å².